The number of nitrogens with zero attached hydrogens (tertiary/aromatic N) is 1. The van der Waals surface area contributed by atoms with Crippen LogP contribution in [0.15, 0.2) is 23.6 Å². The van der Waals surface area contributed by atoms with E-state index in [1.165, 1.54) is 5.01 Å². The minimum absolute atomic E-state index is 0.567. The van der Waals surface area contributed by atoms with Gasteiger partial charge >= 0.3 is 0 Å². The van der Waals surface area contributed by atoms with E-state index in [1.54, 1.807) is 11.3 Å². The van der Waals surface area contributed by atoms with Gasteiger partial charge in [-0.3, -0.25) is 0 Å². The van der Waals surface area contributed by atoms with E-state index in [0.29, 0.717) is 19.3 Å². The highest BCUT2D eigenvalue weighted by Gasteiger charge is 2.13. The Hall–Kier alpha value is -1.59. The summed E-state index contributed by atoms with van der Waals surface area (Å²) < 4.78 is 11.2. The van der Waals surface area contributed by atoms with Crippen LogP contribution >= 0.6 is 11.3 Å². The maximum Gasteiger partial charge on any atom is 0.162 e. The topological polar surface area (TPSA) is 43.4 Å². The van der Waals surface area contributed by atoms with Gasteiger partial charge < -0.3 is 14.8 Å². The van der Waals surface area contributed by atoms with Crippen molar-refractivity contribution in [1.82, 2.24) is 10.3 Å². The van der Waals surface area contributed by atoms with Crippen LogP contribution in [0.3, 0.4) is 0 Å². The van der Waals surface area contributed by atoms with Crippen molar-refractivity contribution < 1.29 is 9.47 Å². The molecule has 5 heteroatoms. The van der Waals surface area contributed by atoms with Gasteiger partial charge in [0.1, 0.15) is 13.2 Å². The number of thiazole rings is 1. The Balaban J connectivity index is 1.66. The van der Waals surface area contributed by atoms with E-state index in [-0.39, 0.29) is 0 Å². The third-order valence-electron chi connectivity index (χ3n) is 3.83. The second-order valence-electron chi connectivity index (χ2n) is 5.50. The van der Waals surface area contributed by atoms with Crippen LogP contribution in [0.5, 0.6) is 11.5 Å². The number of hydrogen-bond donors (Lipinski definition) is 1. The lowest BCUT2D eigenvalue weighted by Gasteiger charge is -2.18. The first-order valence-corrected chi connectivity index (χ1v) is 8.72. The van der Waals surface area contributed by atoms with Gasteiger partial charge in [-0.1, -0.05) is 6.92 Å². The van der Waals surface area contributed by atoms with Crippen molar-refractivity contribution in [2.75, 3.05) is 19.8 Å². The largest absolute Gasteiger partial charge is 0.486 e. The average molecular weight is 318 g/mol. The SMILES string of the molecule is CCC(C)NCCc1nc(-c2ccc3c(c2)OCCO3)cs1. The molecule has 0 saturated carbocycles. The molecule has 0 fully saturated rings. The van der Waals surface area contributed by atoms with Crippen LogP contribution in [0.25, 0.3) is 11.3 Å². The summed E-state index contributed by atoms with van der Waals surface area (Å²) in [4.78, 5) is 4.73. The van der Waals surface area contributed by atoms with Gasteiger partial charge in [0.2, 0.25) is 0 Å². The third-order valence-corrected chi connectivity index (χ3v) is 4.74. The summed E-state index contributed by atoms with van der Waals surface area (Å²) in [7, 11) is 0. The van der Waals surface area contributed by atoms with Crippen molar-refractivity contribution in [2.24, 2.45) is 0 Å². The zero-order chi connectivity index (χ0) is 15.4. The summed E-state index contributed by atoms with van der Waals surface area (Å²) in [6.07, 6.45) is 2.12. The molecule has 1 N–H and O–H groups in total. The van der Waals surface area contributed by atoms with Crippen molar-refractivity contribution in [2.45, 2.75) is 32.7 Å². The molecular formula is C17H22N2O2S. The fourth-order valence-corrected chi connectivity index (χ4v) is 3.14. The molecule has 0 spiro atoms. The first-order chi connectivity index (χ1) is 10.8. The lowest BCUT2D eigenvalue weighted by molar-refractivity contribution is 0.171. The quantitative estimate of drug-likeness (QED) is 0.885. The molecule has 1 aromatic heterocycles. The van der Waals surface area contributed by atoms with Crippen molar-refractivity contribution in [3.63, 3.8) is 0 Å². The fourth-order valence-electron chi connectivity index (χ4n) is 2.33. The number of ether oxygens (including phenoxy) is 2. The van der Waals surface area contributed by atoms with Crippen molar-refractivity contribution >= 4 is 11.3 Å². The lowest BCUT2D eigenvalue weighted by Crippen LogP contribution is -2.27. The average Bonchev–Trinajstić information content (AvgIpc) is 3.03. The second kappa shape index (κ2) is 7.11. The monoisotopic (exact) mass is 318 g/mol. The van der Waals surface area contributed by atoms with E-state index in [9.17, 15) is 0 Å². The van der Waals surface area contributed by atoms with Crippen LogP contribution in [0, 0.1) is 0 Å². The Morgan fingerprint density at radius 3 is 2.91 bits per heavy atom. The molecule has 2 aromatic rings. The van der Waals surface area contributed by atoms with Crippen LogP contribution in [0.4, 0.5) is 0 Å². The van der Waals surface area contributed by atoms with E-state index < -0.39 is 0 Å². The highest BCUT2D eigenvalue weighted by atomic mass is 32.1. The molecular weight excluding hydrogens is 296 g/mol. The number of fused-ring (bicyclic) bond motifs is 1. The molecule has 0 aliphatic carbocycles. The van der Waals surface area contributed by atoms with Crippen molar-refractivity contribution in [1.29, 1.82) is 0 Å². The highest BCUT2D eigenvalue weighted by Crippen LogP contribution is 2.34. The summed E-state index contributed by atoms with van der Waals surface area (Å²) >= 11 is 1.72. The standard InChI is InChI=1S/C17H22N2O2S/c1-3-12(2)18-7-6-17-19-14(11-22-17)13-4-5-15-16(10-13)21-9-8-20-15/h4-5,10-12,18H,3,6-9H2,1-2H3. The first kappa shape index (κ1) is 15.3. The summed E-state index contributed by atoms with van der Waals surface area (Å²) in [5.41, 5.74) is 2.10. The number of hydrogen-bond acceptors (Lipinski definition) is 5. The number of rotatable bonds is 6. The molecule has 0 radical (unpaired) electrons. The molecule has 1 aromatic carbocycles. The Kier molecular flexibility index (Phi) is 4.95. The molecule has 1 atom stereocenters. The molecule has 22 heavy (non-hydrogen) atoms. The van der Waals surface area contributed by atoms with E-state index >= 15 is 0 Å². The highest BCUT2D eigenvalue weighted by molar-refractivity contribution is 7.09. The predicted molar refractivity (Wildman–Crippen MR) is 90.0 cm³/mol. The molecule has 1 unspecified atom stereocenters. The Morgan fingerprint density at radius 2 is 2.09 bits per heavy atom. The number of benzene rings is 1. The van der Waals surface area contributed by atoms with Crippen molar-refractivity contribution in [3.8, 4) is 22.8 Å². The molecule has 0 saturated heterocycles. The molecule has 0 amide bonds. The van der Waals surface area contributed by atoms with Crippen LogP contribution < -0.4 is 14.8 Å². The zero-order valence-corrected chi connectivity index (χ0v) is 13.9. The van der Waals surface area contributed by atoms with Gasteiger partial charge in [0.15, 0.2) is 11.5 Å². The van der Waals surface area contributed by atoms with Crippen LogP contribution in [-0.4, -0.2) is 30.8 Å². The van der Waals surface area contributed by atoms with Crippen LogP contribution in [-0.2, 0) is 6.42 Å². The number of aromatic nitrogens is 1. The minimum atomic E-state index is 0.567. The van der Waals surface area contributed by atoms with Gasteiger partial charge in [-0.15, -0.1) is 11.3 Å². The van der Waals surface area contributed by atoms with Gasteiger partial charge in [0, 0.05) is 30.0 Å². The molecule has 1 aliphatic rings. The van der Waals surface area contributed by atoms with E-state index in [4.69, 9.17) is 14.5 Å². The summed E-state index contributed by atoms with van der Waals surface area (Å²) in [5.74, 6) is 1.64. The maximum atomic E-state index is 5.64. The molecule has 0 bridgehead atoms. The van der Waals surface area contributed by atoms with Gasteiger partial charge in [-0.05, 0) is 31.5 Å². The summed E-state index contributed by atoms with van der Waals surface area (Å²) in [6, 6.07) is 6.60. The Bertz CT molecular complexity index is 627. The van der Waals surface area contributed by atoms with Crippen LogP contribution in [0.1, 0.15) is 25.3 Å². The van der Waals surface area contributed by atoms with Gasteiger partial charge in [0.25, 0.3) is 0 Å². The fraction of sp³-hybridized carbons (Fsp3) is 0.471. The third kappa shape index (κ3) is 3.59. The van der Waals surface area contributed by atoms with Gasteiger partial charge in [-0.2, -0.15) is 0 Å². The van der Waals surface area contributed by atoms with E-state index in [2.05, 4.69) is 24.5 Å². The number of nitrogens with one attached hydrogen (secondary N) is 1. The van der Waals surface area contributed by atoms with Crippen LogP contribution in [0.2, 0.25) is 0 Å². The molecule has 2 heterocycles. The lowest BCUT2D eigenvalue weighted by atomic mass is 10.1. The zero-order valence-electron chi connectivity index (χ0n) is 13.1. The molecule has 3 rings (SSSR count). The Labute approximate surface area is 135 Å². The van der Waals surface area contributed by atoms with Gasteiger partial charge in [-0.25, -0.2) is 4.98 Å². The smallest absolute Gasteiger partial charge is 0.162 e. The second-order valence-corrected chi connectivity index (χ2v) is 6.44. The van der Waals surface area contributed by atoms with E-state index in [1.807, 2.05) is 18.2 Å². The molecule has 118 valence electrons. The van der Waals surface area contributed by atoms with Gasteiger partial charge in [0.05, 0.1) is 10.7 Å². The first-order valence-electron chi connectivity index (χ1n) is 7.84. The normalized spacial score (nSPS) is 14.8. The predicted octanol–water partition coefficient (Wildman–Crippen LogP) is 3.51. The van der Waals surface area contributed by atoms with E-state index in [0.717, 1.165) is 42.1 Å². The summed E-state index contributed by atoms with van der Waals surface area (Å²) in [6.45, 7) is 6.61. The van der Waals surface area contributed by atoms with Crippen molar-refractivity contribution in [3.05, 3.63) is 28.6 Å². The molecule has 4 nitrogen and oxygen atoms in total. The minimum Gasteiger partial charge on any atom is -0.486 e. The molecule has 1 aliphatic heterocycles. The summed E-state index contributed by atoms with van der Waals surface area (Å²) in [5, 5.41) is 6.78. The maximum absolute atomic E-state index is 5.64. The Morgan fingerprint density at radius 1 is 1.27 bits per heavy atom.